The minimum absolute atomic E-state index is 0.144. The van der Waals surface area contributed by atoms with E-state index in [1.54, 1.807) is 12.1 Å². The van der Waals surface area contributed by atoms with Crippen LogP contribution in [0.4, 0.5) is 0 Å². The summed E-state index contributed by atoms with van der Waals surface area (Å²) in [6, 6.07) is 7.28. The average molecular weight is 294 g/mol. The van der Waals surface area contributed by atoms with Crippen molar-refractivity contribution in [2.24, 2.45) is 11.8 Å². The van der Waals surface area contributed by atoms with Crippen LogP contribution in [-0.2, 0) is 0 Å². The van der Waals surface area contributed by atoms with Gasteiger partial charge in [0, 0.05) is 23.0 Å². The van der Waals surface area contributed by atoms with Crippen LogP contribution in [0.1, 0.15) is 60.2 Å². The first-order valence-corrected chi connectivity index (χ1v) is 8.06. The van der Waals surface area contributed by atoms with Crippen LogP contribution in [0.2, 0.25) is 0 Å². The van der Waals surface area contributed by atoms with Gasteiger partial charge in [-0.3, -0.25) is 9.59 Å². The zero-order valence-corrected chi connectivity index (χ0v) is 13.3. The van der Waals surface area contributed by atoms with Gasteiger partial charge < -0.3 is 0 Å². The van der Waals surface area contributed by atoms with Crippen molar-refractivity contribution in [1.29, 1.82) is 0 Å². The van der Waals surface area contributed by atoms with Gasteiger partial charge in [-0.25, -0.2) is 0 Å². The number of allylic oxidation sites excluding steroid dienone is 4. The monoisotopic (exact) mass is 294 g/mol. The predicted octanol–water partition coefficient (Wildman–Crippen LogP) is 4.76. The lowest BCUT2D eigenvalue weighted by Crippen LogP contribution is -2.38. The summed E-state index contributed by atoms with van der Waals surface area (Å²) in [4.78, 5) is 25.3. The maximum Gasteiger partial charge on any atom is 0.167 e. The van der Waals surface area contributed by atoms with E-state index in [1.807, 2.05) is 12.1 Å². The molecule has 2 nitrogen and oxygen atoms in total. The highest BCUT2D eigenvalue weighted by atomic mass is 16.1. The fourth-order valence-corrected chi connectivity index (χ4v) is 3.59. The van der Waals surface area contributed by atoms with Crippen molar-refractivity contribution < 1.29 is 9.59 Å². The molecule has 0 bridgehead atoms. The van der Waals surface area contributed by atoms with Crippen LogP contribution in [0.25, 0.3) is 0 Å². The molecule has 22 heavy (non-hydrogen) atoms. The lowest BCUT2D eigenvalue weighted by atomic mass is 9.67. The van der Waals surface area contributed by atoms with E-state index < -0.39 is 0 Å². The normalized spacial score (nSPS) is 23.5. The Bertz CT molecular complexity index is 675. The fraction of sp³-hybridized carbons (Fsp3) is 0.400. The van der Waals surface area contributed by atoms with Crippen molar-refractivity contribution in [2.75, 3.05) is 0 Å². The zero-order chi connectivity index (χ0) is 15.7. The van der Waals surface area contributed by atoms with Gasteiger partial charge in [-0.15, -0.1) is 0 Å². The molecule has 1 aromatic rings. The number of rotatable bonds is 3. The van der Waals surface area contributed by atoms with E-state index in [-0.39, 0.29) is 23.4 Å². The van der Waals surface area contributed by atoms with Crippen LogP contribution < -0.4 is 0 Å². The molecule has 0 amide bonds. The number of hydrogen-bond acceptors (Lipinski definition) is 2. The summed E-state index contributed by atoms with van der Waals surface area (Å²) in [7, 11) is 0. The Morgan fingerprint density at radius 1 is 1.09 bits per heavy atom. The SMILES string of the molecule is CC(C)=CCCC1=CCC2C(=O)c3ccccc3C(=O)C2C1. The molecule has 0 aromatic heterocycles. The summed E-state index contributed by atoms with van der Waals surface area (Å²) in [6.07, 6.45) is 7.91. The minimum Gasteiger partial charge on any atom is -0.294 e. The van der Waals surface area contributed by atoms with Crippen LogP contribution in [0.5, 0.6) is 0 Å². The molecule has 2 aliphatic carbocycles. The number of ketones is 2. The molecule has 0 N–H and O–H groups in total. The number of hydrogen-bond donors (Lipinski definition) is 0. The van der Waals surface area contributed by atoms with Crippen LogP contribution in [-0.4, -0.2) is 11.6 Å². The molecule has 1 aromatic carbocycles. The van der Waals surface area contributed by atoms with Crippen LogP contribution in [0.3, 0.4) is 0 Å². The number of benzene rings is 1. The van der Waals surface area contributed by atoms with Gasteiger partial charge >= 0.3 is 0 Å². The second-order valence-electron chi connectivity index (χ2n) is 6.61. The third-order valence-electron chi connectivity index (χ3n) is 4.78. The Balaban J connectivity index is 1.81. The molecule has 0 radical (unpaired) electrons. The van der Waals surface area contributed by atoms with Gasteiger partial charge in [-0.2, -0.15) is 0 Å². The zero-order valence-electron chi connectivity index (χ0n) is 13.3. The van der Waals surface area contributed by atoms with Gasteiger partial charge in [0.2, 0.25) is 0 Å². The molecule has 2 unspecified atom stereocenters. The summed E-state index contributed by atoms with van der Waals surface area (Å²) >= 11 is 0. The predicted molar refractivity (Wildman–Crippen MR) is 88.1 cm³/mol. The van der Waals surface area contributed by atoms with Gasteiger partial charge in [-0.1, -0.05) is 47.6 Å². The van der Waals surface area contributed by atoms with E-state index in [0.717, 1.165) is 19.3 Å². The topological polar surface area (TPSA) is 34.1 Å². The van der Waals surface area contributed by atoms with Gasteiger partial charge in [0.05, 0.1) is 0 Å². The van der Waals surface area contributed by atoms with E-state index in [0.29, 0.717) is 17.5 Å². The fourth-order valence-electron chi connectivity index (χ4n) is 3.59. The molecule has 3 rings (SSSR count). The molecule has 114 valence electrons. The van der Waals surface area contributed by atoms with E-state index >= 15 is 0 Å². The third kappa shape index (κ3) is 2.70. The molecule has 0 saturated carbocycles. The Labute approximate surface area is 131 Å². The van der Waals surface area contributed by atoms with Crippen LogP contribution in [0.15, 0.2) is 47.6 Å². The molecule has 0 fully saturated rings. The Morgan fingerprint density at radius 2 is 1.73 bits per heavy atom. The Hall–Kier alpha value is -1.96. The number of Topliss-reactive ketones (excluding diaryl/α,β-unsaturated/α-hetero) is 2. The highest BCUT2D eigenvalue weighted by Crippen LogP contribution is 2.40. The maximum absolute atomic E-state index is 12.7. The van der Waals surface area contributed by atoms with Crippen molar-refractivity contribution in [1.82, 2.24) is 0 Å². The van der Waals surface area contributed by atoms with E-state index in [9.17, 15) is 9.59 Å². The first kappa shape index (κ1) is 15.0. The molecule has 2 heteroatoms. The molecule has 0 heterocycles. The van der Waals surface area contributed by atoms with Crippen LogP contribution >= 0.6 is 0 Å². The third-order valence-corrected chi connectivity index (χ3v) is 4.78. The van der Waals surface area contributed by atoms with E-state index in [2.05, 4.69) is 26.0 Å². The first-order valence-electron chi connectivity index (χ1n) is 8.06. The lowest BCUT2D eigenvalue weighted by molar-refractivity contribution is 0.0724. The molecule has 0 saturated heterocycles. The highest BCUT2D eigenvalue weighted by Gasteiger charge is 2.42. The second-order valence-corrected chi connectivity index (χ2v) is 6.61. The standard InChI is InChI=1S/C20H22O2/c1-13(2)6-5-7-14-10-11-17-18(12-14)20(22)16-9-4-3-8-15(16)19(17)21/h3-4,6,8-10,17-18H,5,7,11-12H2,1-2H3. The van der Waals surface area contributed by atoms with Crippen molar-refractivity contribution >= 4 is 11.6 Å². The van der Waals surface area contributed by atoms with Crippen molar-refractivity contribution in [2.45, 2.75) is 39.5 Å². The summed E-state index contributed by atoms with van der Waals surface area (Å²) in [5.74, 6) is 0.0246. The molecular formula is C20H22O2. The van der Waals surface area contributed by atoms with Crippen molar-refractivity contribution in [3.63, 3.8) is 0 Å². The minimum atomic E-state index is -0.144. The Morgan fingerprint density at radius 3 is 2.36 bits per heavy atom. The summed E-state index contributed by atoms with van der Waals surface area (Å²) < 4.78 is 0. The summed E-state index contributed by atoms with van der Waals surface area (Å²) in [5, 5.41) is 0. The maximum atomic E-state index is 12.7. The smallest absolute Gasteiger partial charge is 0.167 e. The molecule has 2 atom stereocenters. The van der Waals surface area contributed by atoms with E-state index in [4.69, 9.17) is 0 Å². The van der Waals surface area contributed by atoms with Gasteiger partial charge in [0.15, 0.2) is 11.6 Å². The number of fused-ring (bicyclic) bond motifs is 2. The molecule has 2 aliphatic rings. The Kier molecular flexibility index (Phi) is 4.10. The van der Waals surface area contributed by atoms with Crippen molar-refractivity contribution in [3.8, 4) is 0 Å². The van der Waals surface area contributed by atoms with E-state index in [1.165, 1.54) is 11.1 Å². The second kappa shape index (κ2) is 6.04. The lowest BCUT2D eigenvalue weighted by Gasteiger charge is -2.34. The molecular weight excluding hydrogens is 272 g/mol. The van der Waals surface area contributed by atoms with Crippen LogP contribution in [0, 0.1) is 11.8 Å². The average Bonchev–Trinajstić information content (AvgIpc) is 2.52. The van der Waals surface area contributed by atoms with Gasteiger partial charge in [0.25, 0.3) is 0 Å². The van der Waals surface area contributed by atoms with Gasteiger partial charge in [0.1, 0.15) is 0 Å². The summed E-state index contributed by atoms with van der Waals surface area (Å²) in [6.45, 7) is 4.21. The largest absolute Gasteiger partial charge is 0.294 e. The summed E-state index contributed by atoms with van der Waals surface area (Å²) in [5.41, 5.74) is 3.90. The van der Waals surface area contributed by atoms with Gasteiger partial charge in [-0.05, 0) is 39.5 Å². The van der Waals surface area contributed by atoms with Crippen molar-refractivity contribution in [3.05, 3.63) is 58.7 Å². The molecule has 0 aliphatic heterocycles. The first-order chi connectivity index (χ1) is 10.6. The number of carbonyl (C=O) groups excluding carboxylic acids is 2. The quantitative estimate of drug-likeness (QED) is 0.753. The number of carbonyl (C=O) groups is 2. The molecule has 0 spiro atoms. The highest BCUT2D eigenvalue weighted by molar-refractivity contribution is 6.16.